The second kappa shape index (κ2) is 10.6. The van der Waals surface area contributed by atoms with E-state index in [0.717, 1.165) is 30.4 Å². The second-order valence-corrected chi connectivity index (χ2v) is 8.23. The van der Waals surface area contributed by atoms with E-state index < -0.39 is 11.9 Å². The summed E-state index contributed by atoms with van der Waals surface area (Å²) in [6, 6.07) is 11.0. The largest absolute Gasteiger partial charge is 0.481 e. The maximum atomic E-state index is 12.8. The normalized spacial score (nSPS) is 10.7. The number of carboxylic acids is 1. The van der Waals surface area contributed by atoms with Gasteiger partial charge in [0.1, 0.15) is 10.7 Å². The predicted molar refractivity (Wildman–Crippen MR) is 118 cm³/mol. The Morgan fingerprint density at radius 1 is 0.968 bits per heavy atom. The number of hydrogen-bond donors (Lipinski definition) is 2. The molecule has 3 aromatic rings. The molecule has 1 amide bonds. The standard InChI is InChI=1S/C23H23N3O4S/c24-22(30)21-19(31-23(26-21)17-10-12-25-13-11-17)14-18(27)16-8-6-15(7-9-16)4-2-1-3-5-20(28)29/h6-13H,1-5,14H2,(H2,24,30)(H,28,29). The van der Waals surface area contributed by atoms with E-state index in [1.807, 2.05) is 12.1 Å². The minimum absolute atomic E-state index is 0.0511. The lowest BCUT2D eigenvalue weighted by Crippen LogP contribution is -2.15. The van der Waals surface area contributed by atoms with Gasteiger partial charge in [0.15, 0.2) is 5.78 Å². The highest BCUT2D eigenvalue weighted by Crippen LogP contribution is 2.28. The van der Waals surface area contributed by atoms with Crippen LogP contribution in [-0.4, -0.2) is 32.7 Å². The summed E-state index contributed by atoms with van der Waals surface area (Å²) in [6.07, 6.45) is 6.79. The summed E-state index contributed by atoms with van der Waals surface area (Å²) >= 11 is 1.28. The van der Waals surface area contributed by atoms with E-state index in [1.165, 1.54) is 11.3 Å². The number of unbranched alkanes of at least 4 members (excludes halogenated alkanes) is 2. The summed E-state index contributed by atoms with van der Waals surface area (Å²) in [7, 11) is 0. The van der Waals surface area contributed by atoms with Gasteiger partial charge in [-0.15, -0.1) is 11.3 Å². The Hall–Kier alpha value is -3.39. The number of aryl methyl sites for hydroxylation is 1. The molecule has 31 heavy (non-hydrogen) atoms. The number of nitrogens with zero attached hydrogens (tertiary/aromatic N) is 2. The van der Waals surface area contributed by atoms with Crippen molar-refractivity contribution >= 4 is 29.0 Å². The third-order valence-corrected chi connectivity index (χ3v) is 5.92. The number of pyridine rings is 1. The summed E-state index contributed by atoms with van der Waals surface area (Å²) in [5, 5.41) is 9.28. The zero-order chi connectivity index (χ0) is 22.2. The van der Waals surface area contributed by atoms with Gasteiger partial charge in [0.25, 0.3) is 5.91 Å². The number of hydrogen-bond acceptors (Lipinski definition) is 6. The number of rotatable bonds is 11. The third kappa shape index (κ3) is 6.29. The van der Waals surface area contributed by atoms with Crippen molar-refractivity contribution in [1.29, 1.82) is 0 Å². The topological polar surface area (TPSA) is 123 Å². The van der Waals surface area contributed by atoms with Gasteiger partial charge in [-0.05, 0) is 37.0 Å². The molecule has 0 aliphatic heterocycles. The molecule has 0 saturated carbocycles. The van der Waals surface area contributed by atoms with Gasteiger partial charge in [-0.1, -0.05) is 30.7 Å². The number of aliphatic carboxylic acids is 1. The number of benzene rings is 1. The van der Waals surface area contributed by atoms with E-state index in [2.05, 4.69) is 9.97 Å². The molecule has 8 heteroatoms. The molecule has 0 fully saturated rings. The van der Waals surface area contributed by atoms with Crippen molar-refractivity contribution in [3.8, 4) is 10.6 Å². The van der Waals surface area contributed by atoms with Crippen LogP contribution in [-0.2, 0) is 17.6 Å². The molecule has 7 nitrogen and oxygen atoms in total. The average Bonchev–Trinajstić information content (AvgIpc) is 3.18. The summed E-state index contributed by atoms with van der Waals surface area (Å²) in [5.74, 6) is -1.53. The summed E-state index contributed by atoms with van der Waals surface area (Å²) in [5.41, 5.74) is 8.07. The van der Waals surface area contributed by atoms with Crippen molar-refractivity contribution in [2.75, 3.05) is 0 Å². The molecule has 3 rings (SSSR count). The first-order chi connectivity index (χ1) is 14.9. The molecular formula is C23H23N3O4S. The van der Waals surface area contributed by atoms with Gasteiger partial charge in [-0.25, -0.2) is 4.98 Å². The highest BCUT2D eigenvalue weighted by atomic mass is 32.1. The fraction of sp³-hybridized carbons (Fsp3) is 0.261. The van der Waals surface area contributed by atoms with Gasteiger partial charge in [-0.3, -0.25) is 19.4 Å². The second-order valence-electron chi connectivity index (χ2n) is 7.14. The monoisotopic (exact) mass is 437 g/mol. The van der Waals surface area contributed by atoms with Crippen molar-refractivity contribution in [2.24, 2.45) is 5.73 Å². The zero-order valence-electron chi connectivity index (χ0n) is 16.9. The number of carbonyl (C=O) groups is 3. The molecule has 0 aliphatic carbocycles. The molecule has 3 N–H and O–H groups in total. The quantitative estimate of drug-likeness (QED) is 0.346. The number of amides is 1. The molecule has 160 valence electrons. The van der Waals surface area contributed by atoms with E-state index >= 15 is 0 Å². The first-order valence-electron chi connectivity index (χ1n) is 9.98. The molecule has 0 bridgehead atoms. The number of ketones is 1. The van der Waals surface area contributed by atoms with Gasteiger partial charge in [0.05, 0.1) is 0 Å². The Balaban J connectivity index is 1.64. The predicted octanol–water partition coefficient (Wildman–Crippen LogP) is 3.92. The zero-order valence-corrected chi connectivity index (χ0v) is 17.7. The first kappa shape index (κ1) is 22.3. The minimum atomic E-state index is -0.767. The smallest absolute Gasteiger partial charge is 0.303 e. The lowest BCUT2D eigenvalue weighted by molar-refractivity contribution is -0.137. The van der Waals surface area contributed by atoms with E-state index in [-0.39, 0.29) is 24.3 Å². The molecule has 0 aliphatic rings. The molecule has 2 heterocycles. The van der Waals surface area contributed by atoms with E-state index in [0.29, 0.717) is 21.9 Å². The van der Waals surface area contributed by atoms with Crippen LogP contribution in [0.25, 0.3) is 10.6 Å². The Morgan fingerprint density at radius 2 is 1.68 bits per heavy atom. The van der Waals surface area contributed by atoms with Crippen molar-refractivity contribution in [1.82, 2.24) is 9.97 Å². The highest BCUT2D eigenvalue weighted by Gasteiger charge is 2.20. The van der Waals surface area contributed by atoms with Crippen molar-refractivity contribution < 1.29 is 19.5 Å². The van der Waals surface area contributed by atoms with Crippen LogP contribution < -0.4 is 5.73 Å². The van der Waals surface area contributed by atoms with E-state index in [9.17, 15) is 14.4 Å². The highest BCUT2D eigenvalue weighted by molar-refractivity contribution is 7.15. The number of carbonyl (C=O) groups excluding carboxylic acids is 2. The van der Waals surface area contributed by atoms with Crippen molar-refractivity contribution in [2.45, 2.75) is 38.5 Å². The first-order valence-corrected chi connectivity index (χ1v) is 10.8. The summed E-state index contributed by atoms with van der Waals surface area (Å²) in [4.78, 5) is 44.0. The van der Waals surface area contributed by atoms with Crippen LogP contribution in [0.5, 0.6) is 0 Å². The lowest BCUT2D eigenvalue weighted by atomic mass is 10.0. The lowest BCUT2D eigenvalue weighted by Gasteiger charge is -2.04. The van der Waals surface area contributed by atoms with Gasteiger partial charge in [0.2, 0.25) is 0 Å². The van der Waals surface area contributed by atoms with Crippen LogP contribution in [0, 0.1) is 0 Å². The Kier molecular flexibility index (Phi) is 7.61. The SMILES string of the molecule is NC(=O)c1nc(-c2ccncc2)sc1CC(=O)c1ccc(CCCCCC(=O)O)cc1. The minimum Gasteiger partial charge on any atom is -0.481 e. The summed E-state index contributed by atoms with van der Waals surface area (Å²) < 4.78 is 0. The van der Waals surface area contributed by atoms with Gasteiger partial charge >= 0.3 is 5.97 Å². The maximum absolute atomic E-state index is 12.8. The van der Waals surface area contributed by atoms with Crippen LogP contribution in [0.15, 0.2) is 48.8 Å². The molecule has 1 aromatic carbocycles. The fourth-order valence-corrected chi connectivity index (χ4v) is 4.24. The van der Waals surface area contributed by atoms with E-state index in [1.54, 1.807) is 36.7 Å². The number of carboxylic acid groups (broad SMARTS) is 1. The number of primary amides is 1. The fourth-order valence-electron chi connectivity index (χ4n) is 3.17. The third-order valence-electron chi connectivity index (χ3n) is 4.81. The number of thiazole rings is 1. The van der Waals surface area contributed by atoms with Crippen LogP contribution in [0.4, 0.5) is 0 Å². The molecule has 0 spiro atoms. The Labute approximate surface area is 184 Å². The molecule has 0 atom stereocenters. The number of nitrogens with two attached hydrogens (primary N) is 1. The maximum Gasteiger partial charge on any atom is 0.303 e. The van der Waals surface area contributed by atoms with Crippen LogP contribution in [0.1, 0.15) is 57.0 Å². The van der Waals surface area contributed by atoms with Gasteiger partial charge < -0.3 is 10.8 Å². The van der Waals surface area contributed by atoms with Gasteiger partial charge in [0, 0.05) is 41.2 Å². The number of aromatic nitrogens is 2. The van der Waals surface area contributed by atoms with Crippen molar-refractivity contribution in [3.05, 3.63) is 70.5 Å². The average molecular weight is 438 g/mol. The molecule has 0 unspecified atom stereocenters. The van der Waals surface area contributed by atoms with E-state index in [4.69, 9.17) is 10.8 Å². The molecule has 2 aromatic heterocycles. The number of Topliss-reactive ketones (excluding diaryl/α,β-unsaturated/α-hetero) is 1. The van der Waals surface area contributed by atoms with Crippen molar-refractivity contribution in [3.63, 3.8) is 0 Å². The molecule has 0 radical (unpaired) electrons. The Bertz CT molecular complexity index is 1060. The van der Waals surface area contributed by atoms with Crippen LogP contribution >= 0.6 is 11.3 Å². The molecule has 0 saturated heterocycles. The van der Waals surface area contributed by atoms with Gasteiger partial charge in [-0.2, -0.15) is 0 Å². The van der Waals surface area contributed by atoms with Crippen LogP contribution in [0.2, 0.25) is 0 Å². The molecular weight excluding hydrogens is 414 g/mol. The van der Waals surface area contributed by atoms with Crippen LogP contribution in [0.3, 0.4) is 0 Å². The summed E-state index contributed by atoms with van der Waals surface area (Å²) in [6.45, 7) is 0. The Morgan fingerprint density at radius 3 is 2.32 bits per heavy atom.